The number of aliphatic carboxylic acids is 1. The summed E-state index contributed by atoms with van der Waals surface area (Å²) < 4.78 is 7.20. The second-order valence-corrected chi connectivity index (χ2v) is 7.96. The molecule has 1 aliphatic heterocycles. The van der Waals surface area contributed by atoms with Crippen LogP contribution < -0.4 is 4.74 Å². The zero-order valence-corrected chi connectivity index (χ0v) is 15.8. The second kappa shape index (κ2) is 8.21. The van der Waals surface area contributed by atoms with E-state index < -0.39 is 12.4 Å². The number of carbonyl (C=O) groups excluding carboxylic acids is 1. The van der Waals surface area contributed by atoms with Crippen molar-refractivity contribution in [2.45, 2.75) is 44.4 Å². The molecule has 1 amide bonds. The van der Waals surface area contributed by atoms with E-state index in [1.807, 2.05) is 12.1 Å². The maximum Gasteiger partial charge on any atom is 0.312 e. The predicted molar refractivity (Wildman–Crippen MR) is 97.8 cm³/mol. The molecule has 1 saturated heterocycles. The molecule has 1 saturated carbocycles. The number of amides is 1. The molecule has 1 aromatic rings. The highest BCUT2D eigenvalue weighted by molar-refractivity contribution is 9.10. The molecule has 2 fully saturated rings. The molecule has 1 N–H and O–H groups in total. The van der Waals surface area contributed by atoms with Gasteiger partial charge in [-0.15, -0.1) is 0 Å². The van der Waals surface area contributed by atoms with Crippen LogP contribution in [-0.4, -0.2) is 41.6 Å². The van der Waals surface area contributed by atoms with Crippen molar-refractivity contribution in [1.29, 1.82) is 0 Å². The van der Waals surface area contributed by atoms with Gasteiger partial charge in [0, 0.05) is 23.5 Å². The Labute approximate surface area is 156 Å². The van der Waals surface area contributed by atoms with Gasteiger partial charge < -0.3 is 14.7 Å². The standard InChI is InChI=1S/C19H24BrNO4/c20-15-5-6-17(16(9-15)14-3-1-2-4-14)25-12-13-7-8-21(11-13)18(22)10-19(23)24/h5-6,9,13-14H,1-4,7-8,10-12H2,(H,23,24). The molecule has 0 aromatic heterocycles. The summed E-state index contributed by atoms with van der Waals surface area (Å²) in [7, 11) is 0. The molecule has 1 heterocycles. The van der Waals surface area contributed by atoms with Gasteiger partial charge in [0.05, 0.1) is 6.61 Å². The molecule has 1 atom stereocenters. The lowest BCUT2D eigenvalue weighted by atomic mass is 9.97. The van der Waals surface area contributed by atoms with Crippen molar-refractivity contribution < 1.29 is 19.4 Å². The fourth-order valence-electron chi connectivity index (χ4n) is 3.85. The van der Waals surface area contributed by atoms with Crippen molar-refractivity contribution in [2.24, 2.45) is 5.92 Å². The summed E-state index contributed by atoms with van der Waals surface area (Å²) >= 11 is 3.56. The molecule has 0 radical (unpaired) electrons. The topological polar surface area (TPSA) is 66.8 Å². The molecule has 1 aliphatic carbocycles. The summed E-state index contributed by atoms with van der Waals surface area (Å²) in [6, 6.07) is 6.20. The number of carbonyl (C=O) groups is 2. The number of carboxylic acid groups (broad SMARTS) is 1. The first-order valence-electron chi connectivity index (χ1n) is 8.94. The van der Waals surface area contributed by atoms with Gasteiger partial charge in [-0.1, -0.05) is 28.8 Å². The number of nitrogens with zero attached hydrogens (tertiary/aromatic N) is 1. The molecule has 6 heteroatoms. The Balaban J connectivity index is 1.57. The molecule has 5 nitrogen and oxygen atoms in total. The second-order valence-electron chi connectivity index (χ2n) is 7.04. The fraction of sp³-hybridized carbons (Fsp3) is 0.579. The highest BCUT2D eigenvalue weighted by Crippen LogP contribution is 2.40. The predicted octanol–water partition coefficient (Wildman–Crippen LogP) is 3.81. The lowest BCUT2D eigenvalue weighted by molar-refractivity contribution is -0.143. The van der Waals surface area contributed by atoms with Gasteiger partial charge in [-0.2, -0.15) is 0 Å². The molecular weight excluding hydrogens is 386 g/mol. The van der Waals surface area contributed by atoms with Gasteiger partial charge in [-0.25, -0.2) is 0 Å². The highest BCUT2D eigenvalue weighted by Gasteiger charge is 2.28. The minimum Gasteiger partial charge on any atom is -0.493 e. The Morgan fingerprint density at radius 1 is 1.24 bits per heavy atom. The van der Waals surface area contributed by atoms with Crippen LogP contribution in [0.3, 0.4) is 0 Å². The van der Waals surface area contributed by atoms with Gasteiger partial charge in [0.1, 0.15) is 12.2 Å². The van der Waals surface area contributed by atoms with E-state index in [0.29, 0.717) is 25.6 Å². The van der Waals surface area contributed by atoms with Gasteiger partial charge in [-0.05, 0) is 48.9 Å². The van der Waals surface area contributed by atoms with E-state index in [-0.39, 0.29) is 11.8 Å². The fourth-order valence-corrected chi connectivity index (χ4v) is 4.23. The first kappa shape index (κ1) is 18.2. The van der Waals surface area contributed by atoms with Crippen molar-refractivity contribution in [2.75, 3.05) is 19.7 Å². The number of likely N-dealkylation sites (tertiary alicyclic amines) is 1. The van der Waals surface area contributed by atoms with Crippen molar-refractivity contribution in [1.82, 2.24) is 4.90 Å². The van der Waals surface area contributed by atoms with Gasteiger partial charge in [0.15, 0.2) is 0 Å². The van der Waals surface area contributed by atoms with Gasteiger partial charge in [0.2, 0.25) is 5.91 Å². The summed E-state index contributed by atoms with van der Waals surface area (Å²) in [4.78, 5) is 24.2. The Morgan fingerprint density at radius 2 is 2.00 bits per heavy atom. The monoisotopic (exact) mass is 409 g/mol. The van der Waals surface area contributed by atoms with Crippen LogP contribution in [0, 0.1) is 5.92 Å². The number of benzene rings is 1. The molecule has 2 aliphatic rings. The van der Waals surface area contributed by atoms with Crippen molar-refractivity contribution in [3.8, 4) is 5.75 Å². The summed E-state index contributed by atoms with van der Waals surface area (Å²) in [5.41, 5.74) is 1.28. The number of halogens is 1. The van der Waals surface area contributed by atoms with Crippen LogP contribution >= 0.6 is 15.9 Å². The lowest BCUT2D eigenvalue weighted by Crippen LogP contribution is -2.31. The van der Waals surface area contributed by atoms with E-state index in [9.17, 15) is 9.59 Å². The molecular formula is C19H24BrNO4. The van der Waals surface area contributed by atoms with Crippen LogP contribution in [0.15, 0.2) is 22.7 Å². The van der Waals surface area contributed by atoms with E-state index >= 15 is 0 Å². The number of hydrogen-bond acceptors (Lipinski definition) is 3. The Bertz CT molecular complexity index is 642. The van der Waals surface area contributed by atoms with E-state index in [0.717, 1.165) is 16.6 Å². The molecule has 25 heavy (non-hydrogen) atoms. The summed E-state index contributed by atoms with van der Waals surface area (Å²) in [5.74, 6) is 0.416. The Hall–Kier alpha value is -1.56. The van der Waals surface area contributed by atoms with Gasteiger partial charge in [-0.3, -0.25) is 9.59 Å². The van der Waals surface area contributed by atoms with E-state index in [4.69, 9.17) is 9.84 Å². The van der Waals surface area contributed by atoms with Crippen LogP contribution in [0.25, 0.3) is 0 Å². The molecule has 136 valence electrons. The third kappa shape index (κ3) is 4.75. The third-order valence-corrected chi connectivity index (χ3v) is 5.68. The van der Waals surface area contributed by atoms with Crippen LogP contribution in [0.4, 0.5) is 0 Å². The van der Waals surface area contributed by atoms with E-state index in [2.05, 4.69) is 22.0 Å². The minimum absolute atomic E-state index is 0.262. The SMILES string of the molecule is O=C(O)CC(=O)N1CCC(COc2ccc(Br)cc2C2CCCC2)C1. The summed E-state index contributed by atoms with van der Waals surface area (Å²) in [6.45, 7) is 1.77. The van der Waals surface area contributed by atoms with Gasteiger partial charge in [0.25, 0.3) is 0 Å². The molecule has 1 unspecified atom stereocenters. The first-order valence-corrected chi connectivity index (χ1v) is 9.74. The number of rotatable bonds is 6. The molecule has 1 aromatic carbocycles. The minimum atomic E-state index is -1.07. The summed E-state index contributed by atoms with van der Waals surface area (Å²) in [6.07, 6.45) is 5.42. The number of carboxylic acids is 1. The number of hydrogen-bond donors (Lipinski definition) is 1. The number of ether oxygens (including phenoxy) is 1. The zero-order valence-electron chi connectivity index (χ0n) is 14.2. The van der Waals surface area contributed by atoms with Crippen LogP contribution in [-0.2, 0) is 9.59 Å². The quantitative estimate of drug-likeness (QED) is 0.725. The smallest absolute Gasteiger partial charge is 0.312 e. The normalized spacial score (nSPS) is 20.8. The first-order chi connectivity index (χ1) is 12.0. The average molecular weight is 410 g/mol. The van der Waals surface area contributed by atoms with Crippen molar-refractivity contribution >= 4 is 27.8 Å². The molecule has 0 bridgehead atoms. The molecule has 3 rings (SSSR count). The average Bonchev–Trinajstić information content (AvgIpc) is 3.25. The Kier molecular flexibility index (Phi) is 5.99. The molecule has 0 spiro atoms. The van der Waals surface area contributed by atoms with Gasteiger partial charge >= 0.3 is 5.97 Å². The van der Waals surface area contributed by atoms with Crippen LogP contribution in [0.5, 0.6) is 5.75 Å². The lowest BCUT2D eigenvalue weighted by Gasteiger charge is -2.19. The van der Waals surface area contributed by atoms with Crippen molar-refractivity contribution in [3.63, 3.8) is 0 Å². The van der Waals surface area contributed by atoms with Crippen LogP contribution in [0.2, 0.25) is 0 Å². The van der Waals surface area contributed by atoms with E-state index in [1.54, 1.807) is 4.90 Å². The maximum absolute atomic E-state index is 11.8. The zero-order chi connectivity index (χ0) is 17.8. The maximum atomic E-state index is 11.8. The van der Waals surface area contributed by atoms with Crippen molar-refractivity contribution in [3.05, 3.63) is 28.2 Å². The highest BCUT2D eigenvalue weighted by atomic mass is 79.9. The third-order valence-electron chi connectivity index (χ3n) is 5.18. The Morgan fingerprint density at radius 3 is 2.72 bits per heavy atom. The summed E-state index contributed by atoms with van der Waals surface area (Å²) in [5, 5.41) is 8.74. The largest absolute Gasteiger partial charge is 0.493 e. The van der Waals surface area contributed by atoms with E-state index in [1.165, 1.54) is 31.2 Å². The van der Waals surface area contributed by atoms with Crippen LogP contribution in [0.1, 0.15) is 50.0 Å².